The van der Waals surface area contributed by atoms with Crippen molar-refractivity contribution >= 4 is 11.9 Å². The third-order valence-electron chi connectivity index (χ3n) is 2.92. The number of rotatable bonds is 4. The lowest BCUT2D eigenvalue weighted by Crippen LogP contribution is -2.51. The highest BCUT2D eigenvalue weighted by atomic mass is 19.4. The first-order valence-electron chi connectivity index (χ1n) is 5.94. The highest BCUT2D eigenvalue weighted by molar-refractivity contribution is 5.86. The lowest BCUT2D eigenvalue weighted by molar-refractivity contribution is -0.190. The van der Waals surface area contributed by atoms with Crippen LogP contribution in [0.25, 0.3) is 0 Å². The highest BCUT2D eigenvalue weighted by Gasteiger charge is 2.36. The molecule has 2 unspecified atom stereocenters. The Kier molecular flexibility index (Phi) is 5.16. The number of carboxylic acid groups (broad SMARTS) is 1. The van der Waals surface area contributed by atoms with E-state index in [0.717, 1.165) is 4.90 Å². The summed E-state index contributed by atoms with van der Waals surface area (Å²) in [5.74, 6) is -1.85. The molecule has 1 amide bonds. The van der Waals surface area contributed by atoms with Crippen LogP contribution in [0, 0.1) is 0 Å². The summed E-state index contributed by atoms with van der Waals surface area (Å²) in [7, 11) is 0. The van der Waals surface area contributed by atoms with Gasteiger partial charge in [0.25, 0.3) is 5.91 Å². The molecule has 8 heteroatoms. The standard InChI is InChI=1S/C11H16F3NO4/c1-7(19-6-11(12,13)14)9(16)15-5-3-2-4-8(15)10(17)18/h7-8H,2-6H2,1H3,(H,17,18). The molecule has 0 aromatic rings. The van der Waals surface area contributed by atoms with Crippen molar-refractivity contribution in [2.45, 2.75) is 44.5 Å². The number of piperidine rings is 1. The van der Waals surface area contributed by atoms with Gasteiger partial charge in [-0.05, 0) is 26.2 Å². The maximum Gasteiger partial charge on any atom is 0.411 e. The van der Waals surface area contributed by atoms with Gasteiger partial charge in [0.05, 0.1) is 0 Å². The van der Waals surface area contributed by atoms with Crippen molar-refractivity contribution in [3.05, 3.63) is 0 Å². The van der Waals surface area contributed by atoms with Gasteiger partial charge in [0.1, 0.15) is 18.8 Å². The normalized spacial score (nSPS) is 22.1. The average molecular weight is 283 g/mol. The molecule has 1 rings (SSSR count). The van der Waals surface area contributed by atoms with Crippen LogP contribution in [0.5, 0.6) is 0 Å². The molecule has 1 N–H and O–H groups in total. The topological polar surface area (TPSA) is 66.8 Å². The summed E-state index contributed by atoms with van der Waals surface area (Å²) < 4.78 is 40.4. The maximum absolute atomic E-state index is 12.0. The van der Waals surface area contributed by atoms with Gasteiger partial charge in [-0.3, -0.25) is 4.79 Å². The number of hydrogen-bond donors (Lipinski definition) is 1. The van der Waals surface area contributed by atoms with Crippen LogP contribution in [0.4, 0.5) is 13.2 Å². The highest BCUT2D eigenvalue weighted by Crippen LogP contribution is 2.20. The lowest BCUT2D eigenvalue weighted by atomic mass is 10.0. The Morgan fingerprint density at radius 1 is 1.42 bits per heavy atom. The Labute approximate surface area is 108 Å². The van der Waals surface area contributed by atoms with Crippen molar-refractivity contribution in [2.24, 2.45) is 0 Å². The van der Waals surface area contributed by atoms with Crippen molar-refractivity contribution in [3.8, 4) is 0 Å². The first-order valence-corrected chi connectivity index (χ1v) is 5.94. The fourth-order valence-electron chi connectivity index (χ4n) is 1.98. The molecule has 0 radical (unpaired) electrons. The van der Waals surface area contributed by atoms with Crippen LogP contribution >= 0.6 is 0 Å². The second-order valence-corrected chi connectivity index (χ2v) is 4.45. The van der Waals surface area contributed by atoms with E-state index in [1.165, 1.54) is 6.92 Å². The van der Waals surface area contributed by atoms with Gasteiger partial charge in [-0.25, -0.2) is 4.79 Å². The first-order chi connectivity index (χ1) is 8.72. The number of likely N-dealkylation sites (tertiary alicyclic amines) is 1. The summed E-state index contributed by atoms with van der Waals surface area (Å²) in [4.78, 5) is 24.0. The number of alkyl halides is 3. The maximum atomic E-state index is 12.0. The Morgan fingerprint density at radius 2 is 2.05 bits per heavy atom. The lowest BCUT2D eigenvalue weighted by Gasteiger charge is -2.34. The molecule has 1 aliphatic rings. The van der Waals surface area contributed by atoms with E-state index in [1.807, 2.05) is 0 Å². The number of ether oxygens (including phenoxy) is 1. The molecule has 1 aliphatic heterocycles. The van der Waals surface area contributed by atoms with E-state index in [1.54, 1.807) is 0 Å². The zero-order chi connectivity index (χ0) is 14.6. The summed E-state index contributed by atoms with van der Waals surface area (Å²) in [6.07, 6.45) is -4.18. The zero-order valence-corrected chi connectivity index (χ0v) is 10.4. The van der Waals surface area contributed by atoms with E-state index in [4.69, 9.17) is 5.11 Å². The number of carbonyl (C=O) groups is 2. The smallest absolute Gasteiger partial charge is 0.411 e. The van der Waals surface area contributed by atoms with Crippen molar-refractivity contribution < 1.29 is 32.6 Å². The van der Waals surface area contributed by atoms with Crippen LogP contribution in [0.2, 0.25) is 0 Å². The van der Waals surface area contributed by atoms with Crippen molar-refractivity contribution in [1.82, 2.24) is 4.90 Å². The van der Waals surface area contributed by atoms with E-state index >= 15 is 0 Å². The van der Waals surface area contributed by atoms with Gasteiger partial charge in [-0.15, -0.1) is 0 Å². The molecule has 0 saturated carbocycles. The monoisotopic (exact) mass is 283 g/mol. The van der Waals surface area contributed by atoms with Crippen molar-refractivity contribution in [3.63, 3.8) is 0 Å². The van der Waals surface area contributed by atoms with Gasteiger partial charge < -0.3 is 14.7 Å². The Morgan fingerprint density at radius 3 is 2.58 bits per heavy atom. The van der Waals surface area contributed by atoms with Crippen LogP contribution in [0.3, 0.4) is 0 Å². The Hall–Kier alpha value is -1.31. The SMILES string of the molecule is CC(OCC(F)(F)F)C(=O)N1CCCCC1C(=O)O. The molecule has 19 heavy (non-hydrogen) atoms. The minimum atomic E-state index is -4.51. The van der Waals surface area contributed by atoms with Crippen molar-refractivity contribution in [2.75, 3.05) is 13.2 Å². The van der Waals surface area contributed by atoms with Crippen molar-refractivity contribution in [1.29, 1.82) is 0 Å². The molecule has 0 aliphatic carbocycles. The third-order valence-corrected chi connectivity index (χ3v) is 2.92. The van der Waals surface area contributed by atoms with Gasteiger partial charge >= 0.3 is 12.1 Å². The third kappa shape index (κ3) is 4.70. The van der Waals surface area contributed by atoms with Crippen LogP contribution in [0.1, 0.15) is 26.2 Å². The van der Waals surface area contributed by atoms with Crippen LogP contribution in [-0.2, 0) is 14.3 Å². The van der Waals surface area contributed by atoms with Crippen LogP contribution in [0.15, 0.2) is 0 Å². The molecule has 0 aromatic carbocycles. The fourth-order valence-corrected chi connectivity index (χ4v) is 1.98. The van der Waals surface area contributed by atoms with Crippen LogP contribution in [-0.4, -0.2) is 53.4 Å². The number of amides is 1. The fraction of sp³-hybridized carbons (Fsp3) is 0.818. The quantitative estimate of drug-likeness (QED) is 0.847. The molecule has 110 valence electrons. The van der Waals surface area contributed by atoms with E-state index in [9.17, 15) is 22.8 Å². The largest absolute Gasteiger partial charge is 0.480 e. The van der Waals surface area contributed by atoms with E-state index in [2.05, 4.69) is 4.74 Å². The summed E-state index contributed by atoms with van der Waals surface area (Å²) >= 11 is 0. The summed E-state index contributed by atoms with van der Waals surface area (Å²) in [6, 6.07) is -0.974. The second kappa shape index (κ2) is 6.23. The number of aliphatic carboxylic acids is 1. The molecule has 1 saturated heterocycles. The summed E-state index contributed by atoms with van der Waals surface area (Å²) in [6.45, 7) is -0.0947. The van der Waals surface area contributed by atoms with Gasteiger partial charge in [0.15, 0.2) is 0 Å². The molecule has 5 nitrogen and oxygen atoms in total. The molecule has 0 bridgehead atoms. The molecule has 2 atom stereocenters. The number of hydrogen-bond acceptors (Lipinski definition) is 3. The summed E-state index contributed by atoms with van der Waals surface area (Å²) in [5.41, 5.74) is 0. The van der Waals surface area contributed by atoms with Gasteiger partial charge in [0.2, 0.25) is 0 Å². The predicted molar refractivity (Wildman–Crippen MR) is 58.5 cm³/mol. The zero-order valence-electron chi connectivity index (χ0n) is 10.4. The molecular weight excluding hydrogens is 267 g/mol. The van der Waals surface area contributed by atoms with Gasteiger partial charge in [-0.2, -0.15) is 13.2 Å². The first kappa shape index (κ1) is 15.7. The van der Waals surface area contributed by atoms with Crippen LogP contribution < -0.4 is 0 Å². The number of nitrogens with zero attached hydrogens (tertiary/aromatic N) is 1. The minimum Gasteiger partial charge on any atom is -0.480 e. The minimum absolute atomic E-state index is 0.232. The number of carbonyl (C=O) groups excluding carboxylic acids is 1. The number of halogens is 3. The van der Waals surface area contributed by atoms with E-state index in [-0.39, 0.29) is 6.54 Å². The molecule has 0 aromatic heterocycles. The molecular formula is C11H16F3NO4. The summed E-state index contributed by atoms with van der Waals surface area (Å²) in [5, 5.41) is 8.98. The van der Waals surface area contributed by atoms with E-state index in [0.29, 0.717) is 19.3 Å². The second-order valence-electron chi connectivity index (χ2n) is 4.45. The predicted octanol–water partition coefficient (Wildman–Crippen LogP) is 1.42. The number of carboxylic acids is 1. The molecule has 1 heterocycles. The van der Waals surface area contributed by atoms with Gasteiger partial charge in [0, 0.05) is 6.54 Å². The van der Waals surface area contributed by atoms with Gasteiger partial charge in [-0.1, -0.05) is 0 Å². The molecule has 0 spiro atoms. The average Bonchev–Trinajstić information content (AvgIpc) is 2.34. The van der Waals surface area contributed by atoms with E-state index < -0.39 is 36.8 Å². The Bertz CT molecular complexity index is 345. The Balaban J connectivity index is 2.61. The molecule has 1 fully saturated rings.